The van der Waals surface area contributed by atoms with Gasteiger partial charge in [-0.05, 0) is 40.2 Å². The molecule has 0 saturated heterocycles. The van der Waals surface area contributed by atoms with Crippen molar-refractivity contribution in [3.8, 4) is 5.75 Å². The molecule has 2 aromatic heterocycles. The molecule has 0 amide bonds. The van der Waals surface area contributed by atoms with E-state index in [1.165, 1.54) is 12.1 Å². The van der Waals surface area contributed by atoms with Gasteiger partial charge in [-0.2, -0.15) is 0 Å². The molecule has 0 aliphatic carbocycles. The molecule has 0 bridgehead atoms. The highest BCUT2D eigenvalue weighted by molar-refractivity contribution is 9.10. The molecule has 1 N–H and O–H groups in total. The summed E-state index contributed by atoms with van der Waals surface area (Å²) in [5, 5.41) is 8.99. The molecule has 0 aliphatic rings. The summed E-state index contributed by atoms with van der Waals surface area (Å²) in [6.07, 6.45) is 5.33. The van der Waals surface area contributed by atoms with Crippen molar-refractivity contribution < 1.29 is 14.6 Å². The molecule has 0 saturated carbocycles. The topological polar surface area (TPSA) is 76.7 Å². The minimum atomic E-state index is -0.996. The second-order valence-corrected chi connectivity index (χ2v) is 5.15. The van der Waals surface area contributed by atoms with E-state index >= 15 is 0 Å². The third-order valence-corrected chi connectivity index (χ3v) is 3.49. The number of carbonyl (C=O) groups is 1. The van der Waals surface area contributed by atoms with E-state index < -0.39 is 5.97 Å². The Kier molecular flexibility index (Phi) is 3.57. The Labute approximate surface area is 128 Å². The number of aromatic carboxylic acids is 1. The molecular formula is C14H10BrN3O3. The number of nitrogens with zero attached hydrogens (tertiary/aromatic N) is 3. The van der Waals surface area contributed by atoms with Crippen molar-refractivity contribution in [3.63, 3.8) is 0 Å². The number of carboxylic acid groups (broad SMARTS) is 1. The number of carboxylic acids is 1. The summed E-state index contributed by atoms with van der Waals surface area (Å²) in [5.74, 6) is 0.0543. The molecule has 7 heteroatoms. The van der Waals surface area contributed by atoms with Crippen LogP contribution in [0.1, 0.15) is 16.1 Å². The quantitative estimate of drug-likeness (QED) is 0.785. The van der Waals surface area contributed by atoms with Gasteiger partial charge in [0.15, 0.2) is 0 Å². The second-order valence-electron chi connectivity index (χ2n) is 4.30. The highest BCUT2D eigenvalue weighted by Crippen LogP contribution is 2.26. The first-order valence-electron chi connectivity index (χ1n) is 6.08. The first-order valence-corrected chi connectivity index (χ1v) is 6.87. The molecule has 2 heterocycles. The van der Waals surface area contributed by atoms with Gasteiger partial charge in [0.05, 0.1) is 15.7 Å². The molecule has 3 aromatic rings. The Bertz CT molecular complexity index is 783. The van der Waals surface area contributed by atoms with E-state index in [2.05, 4.69) is 25.9 Å². The largest absolute Gasteiger partial charge is 0.486 e. The smallest absolute Gasteiger partial charge is 0.335 e. The number of halogens is 1. The standard InChI is InChI=1S/C14H10BrN3O3/c15-11-3-2-9(13(19)20)6-12(11)21-8-10-7-18-5-1-4-16-14(18)17-10/h1-7H,8H2,(H,19,20). The Morgan fingerprint density at radius 3 is 3.05 bits per heavy atom. The van der Waals surface area contributed by atoms with Crippen molar-refractivity contribution in [1.82, 2.24) is 14.4 Å². The lowest BCUT2D eigenvalue weighted by Crippen LogP contribution is -2.00. The van der Waals surface area contributed by atoms with Crippen LogP contribution in [0.25, 0.3) is 5.78 Å². The highest BCUT2D eigenvalue weighted by atomic mass is 79.9. The summed E-state index contributed by atoms with van der Waals surface area (Å²) in [6.45, 7) is 0.227. The van der Waals surface area contributed by atoms with E-state index in [9.17, 15) is 4.79 Å². The second kappa shape index (κ2) is 5.53. The molecule has 0 fully saturated rings. The van der Waals surface area contributed by atoms with Crippen molar-refractivity contribution in [1.29, 1.82) is 0 Å². The molecule has 0 aliphatic heterocycles. The lowest BCUT2D eigenvalue weighted by molar-refractivity contribution is 0.0696. The maximum Gasteiger partial charge on any atom is 0.335 e. The predicted molar refractivity (Wildman–Crippen MR) is 78.4 cm³/mol. The fraction of sp³-hybridized carbons (Fsp3) is 0.0714. The van der Waals surface area contributed by atoms with Gasteiger partial charge in [0.2, 0.25) is 5.78 Å². The first kappa shape index (κ1) is 13.6. The molecule has 0 unspecified atom stereocenters. The van der Waals surface area contributed by atoms with E-state index in [0.29, 0.717) is 21.7 Å². The van der Waals surface area contributed by atoms with Crippen LogP contribution in [-0.4, -0.2) is 25.4 Å². The van der Waals surface area contributed by atoms with Gasteiger partial charge in [-0.1, -0.05) is 0 Å². The van der Waals surface area contributed by atoms with Gasteiger partial charge in [0, 0.05) is 18.6 Å². The van der Waals surface area contributed by atoms with E-state index in [1.54, 1.807) is 16.7 Å². The molecule has 0 radical (unpaired) electrons. The number of ether oxygens (including phenoxy) is 1. The van der Waals surface area contributed by atoms with Gasteiger partial charge in [-0.25, -0.2) is 14.8 Å². The zero-order valence-corrected chi connectivity index (χ0v) is 12.3. The minimum absolute atomic E-state index is 0.171. The number of rotatable bonds is 4. The third-order valence-electron chi connectivity index (χ3n) is 2.84. The number of fused-ring (bicyclic) bond motifs is 1. The first-order chi connectivity index (χ1) is 10.1. The Morgan fingerprint density at radius 1 is 1.43 bits per heavy atom. The Hall–Kier alpha value is -2.41. The Balaban J connectivity index is 1.80. The van der Waals surface area contributed by atoms with Crippen LogP contribution in [0.4, 0.5) is 0 Å². The highest BCUT2D eigenvalue weighted by Gasteiger charge is 2.09. The van der Waals surface area contributed by atoms with Crippen molar-refractivity contribution >= 4 is 27.7 Å². The fourth-order valence-corrected chi connectivity index (χ4v) is 2.21. The summed E-state index contributed by atoms with van der Waals surface area (Å²) in [6, 6.07) is 6.44. The van der Waals surface area contributed by atoms with Crippen molar-refractivity contribution in [2.75, 3.05) is 0 Å². The average molecular weight is 348 g/mol. The SMILES string of the molecule is O=C(O)c1ccc(Br)c(OCc2cn3cccnc3n2)c1. The number of aromatic nitrogens is 3. The maximum atomic E-state index is 11.0. The van der Waals surface area contributed by atoms with E-state index in [0.717, 1.165) is 0 Å². The van der Waals surface area contributed by atoms with E-state index in [1.807, 2.05) is 18.5 Å². The van der Waals surface area contributed by atoms with Crippen LogP contribution in [-0.2, 0) is 6.61 Å². The summed E-state index contributed by atoms with van der Waals surface area (Å²) in [5.41, 5.74) is 0.881. The van der Waals surface area contributed by atoms with Crippen LogP contribution in [0.3, 0.4) is 0 Å². The van der Waals surface area contributed by atoms with Crippen molar-refractivity contribution in [3.05, 3.63) is 58.6 Å². The molecule has 0 spiro atoms. The number of imidazole rings is 1. The summed E-state index contributed by atoms with van der Waals surface area (Å²) < 4.78 is 8.11. The average Bonchev–Trinajstić information content (AvgIpc) is 2.89. The van der Waals surface area contributed by atoms with Crippen LogP contribution in [0.5, 0.6) is 5.75 Å². The Morgan fingerprint density at radius 2 is 2.29 bits per heavy atom. The van der Waals surface area contributed by atoms with E-state index in [-0.39, 0.29) is 12.2 Å². The van der Waals surface area contributed by atoms with Crippen LogP contribution in [0, 0.1) is 0 Å². The molecule has 1 aromatic carbocycles. The number of benzene rings is 1. The van der Waals surface area contributed by atoms with Crippen molar-refractivity contribution in [2.45, 2.75) is 6.61 Å². The van der Waals surface area contributed by atoms with E-state index in [4.69, 9.17) is 9.84 Å². The summed E-state index contributed by atoms with van der Waals surface area (Å²) >= 11 is 3.33. The van der Waals surface area contributed by atoms with Gasteiger partial charge in [0.25, 0.3) is 0 Å². The lowest BCUT2D eigenvalue weighted by atomic mass is 10.2. The number of hydrogen-bond acceptors (Lipinski definition) is 4. The predicted octanol–water partition coefficient (Wildman–Crippen LogP) is 2.77. The van der Waals surface area contributed by atoms with Gasteiger partial charge in [-0.15, -0.1) is 0 Å². The third kappa shape index (κ3) is 2.87. The molecule has 0 atom stereocenters. The molecule has 6 nitrogen and oxygen atoms in total. The molecule has 106 valence electrons. The molecule has 3 rings (SSSR count). The van der Waals surface area contributed by atoms with Crippen LogP contribution >= 0.6 is 15.9 Å². The lowest BCUT2D eigenvalue weighted by Gasteiger charge is -2.07. The molecule has 21 heavy (non-hydrogen) atoms. The van der Waals surface area contributed by atoms with Crippen LogP contribution < -0.4 is 4.74 Å². The van der Waals surface area contributed by atoms with Crippen molar-refractivity contribution in [2.24, 2.45) is 0 Å². The summed E-state index contributed by atoms with van der Waals surface area (Å²) in [7, 11) is 0. The zero-order valence-electron chi connectivity index (χ0n) is 10.7. The van der Waals surface area contributed by atoms with Gasteiger partial charge in [0.1, 0.15) is 12.4 Å². The monoisotopic (exact) mass is 347 g/mol. The normalized spacial score (nSPS) is 10.7. The fourth-order valence-electron chi connectivity index (χ4n) is 1.85. The van der Waals surface area contributed by atoms with Gasteiger partial charge < -0.3 is 9.84 Å². The zero-order chi connectivity index (χ0) is 14.8. The van der Waals surface area contributed by atoms with Crippen LogP contribution in [0.15, 0.2) is 47.3 Å². The van der Waals surface area contributed by atoms with Gasteiger partial charge in [-0.3, -0.25) is 4.40 Å². The minimum Gasteiger partial charge on any atom is -0.486 e. The number of hydrogen-bond donors (Lipinski definition) is 1. The molecular weight excluding hydrogens is 338 g/mol. The van der Waals surface area contributed by atoms with Gasteiger partial charge >= 0.3 is 5.97 Å². The summed E-state index contributed by atoms with van der Waals surface area (Å²) in [4.78, 5) is 19.4. The van der Waals surface area contributed by atoms with Crippen LogP contribution in [0.2, 0.25) is 0 Å². The maximum absolute atomic E-state index is 11.0.